The van der Waals surface area contributed by atoms with Crippen LogP contribution in [0, 0.1) is 0 Å². The number of carbonyl (C=O) groups is 2. The molecule has 1 aromatic carbocycles. The van der Waals surface area contributed by atoms with Crippen molar-refractivity contribution < 1.29 is 23.9 Å². The van der Waals surface area contributed by atoms with E-state index in [0.717, 1.165) is 0 Å². The number of hydrogen-bond donors (Lipinski definition) is 2. The van der Waals surface area contributed by atoms with Gasteiger partial charge in [-0.3, -0.25) is 10.1 Å². The smallest absolute Gasteiger partial charge is 0.321 e. The molecule has 8 nitrogen and oxygen atoms in total. The van der Waals surface area contributed by atoms with Crippen LogP contribution in [0.3, 0.4) is 0 Å². The van der Waals surface area contributed by atoms with E-state index >= 15 is 0 Å². The highest BCUT2D eigenvalue weighted by Gasteiger charge is 2.08. The lowest BCUT2D eigenvalue weighted by Crippen LogP contribution is -2.40. The van der Waals surface area contributed by atoms with Gasteiger partial charge in [-0.25, -0.2) is 4.79 Å². The summed E-state index contributed by atoms with van der Waals surface area (Å²) in [5.74, 6) is 0.616. The van der Waals surface area contributed by atoms with Crippen molar-refractivity contribution in [2.45, 2.75) is 26.9 Å². The van der Waals surface area contributed by atoms with Gasteiger partial charge in [0.1, 0.15) is 0 Å². The Morgan fingerprint density at radius 1 is 1.29 bits per heavy atom. The van der Waals surface area contributed by atoms with Gasteiger partial charge in [0.15, 0.2) is 18.1 Å². The van der Waals surface area contributed by atoms with Crippen molar-refractivity contribution in [1.29, 1.82) is 0 Å². The number of hydrogen-bond acceptors (Lipinski definition) is 6. The molecule has 132 valence electrons. The minimum atomic E-state index is -0.587. The SMILES string of the molecule is CCNC(=O)NC(=O)CO/N=C\c1ccc(OC(C)C)c(OC)c1. The molecule has 8 heteroatoms. The van der Waals surface area contributed by atoms with Crippen LogP contribution in [0.25, 0.3) is 0 Å². The first kappa shape index (κ1) is 19.3. The highest BCUT2D eigenvalue weighted by molar-refractivity contribution is 5.94. The van der Waals surface area contributed by atoms with Crippen LogP contribution < -0.4 is 20.1 Å². The Bertz CT molecular complexity index is 587. The number of carbonyl (C=O) groups excluding carboxylic acids is 2. The summed E-state index contributed by atoms with van der Waals surface area (Å²) >= 11 is 0. The monoisotopic (exact) mass is 337 g/mol. The molecule has 1 aromatic rings. The number of benzene rings is 1. The molecule has 0 saturated carbocycles. The van der Waals surface area contributed by atoms with Crippen LogP contribution in [-0.2, 0) is 9.63 Å². The Morgan fingerprint density at radius 2 is 2.04 bits per heavy atom. The number of rotatable bonds is 8. The Labute approximate surface area is 141 Å². The van der Waals surface area contributed by atoms with Gasteiger partial charge in [0.2, 0.25) is 0 Å². The number of nitrogens with one attached hydrogen (secondary N) is 2. The van der Waals surface area contributed by atoms with E-state index in [1.54, 1.807) is 32.2 Å². The second-order valence-electron chi connectivity index (χ2n) is 4.99. The molecule has 24 heavy (non-hydrogen) atoms. The zero-order valence-electron chi connectivity index (χ0n) is 14.3. The Hall–Kier alpha value is -2.77. The van der Waals surface area contributed by atoms with Gasteiger partial charge < -0.3 is 19.6 Å². The van der Waals surface area contributed by atoms with Gasteiger partial charge in [0.05, 0.1) is 19.4 Å². The zero-order chi connectivity index (χ0) is 17.9. The maximum absolute atomic E-state index is 11.4. The first-order valence-corrected chi connectivity index (χ1v) is 7.54. The molecule has 1 rings (SSSR count). The van der Waals surface area contributed by atoms with Gasteiger partial charge in [0, 0.05) is 12.1 Å². The second kappa shape index (κ2) is 10.1. The van der Waals surface area contributed by atoms with Crippen molar-refractivity contribution in [3.63, 3.8) is 0 Å². The summed E-state index contributed by atoms with van der Waals surface area (Å²) in [7, 11) is 1.55. The van der Waals surface area contributed by atoms with Crippen LogP contribution >= 0.6 is 0 Å². The molecule has 0 spiro atoms. The summed E-state index contributed by atoms with van der Waals surface area (Å²) in [6, 6.07) is 4.71. The summed E-state index contributed by atoms with van der Waals surface area (Å²) in [6.07, 6.45) is 1.46. The van der Waals surface area contributed by atoms with E-state index in [1.165, 1.54) is 6.21 Å². The standard InChI is InChI=1S/C16H23N3O5/c1-5-17-16(21)19-15(20)10-23-18-9-12-6-7-13(24-11(2)3)14(8-12)22-4/h6-9,11H,5,10H2,1-4H3,(H2,17,19,20,21)/b18-9-. The largest absolute Gasteiger partial charge is 0.493 e. The number of imide groups is 1. The van der Waals surface area contributed by atoms with Crippen LogP contribution in [0.1, 0.15) is 26.3 Å². The van der Waals surface area contributed by atoms with Gasteiger partial charge in [-0.1, -0.05) is 5.16 Å². The average molecular weight is 337 g/mol. The van der Waals surface area contributed by atoms with Crippen molar-refractivity contribution in [3.05, 3.63) is 23.8 Å². The molecular formula is C16H23N3O5. The van der Waals surface area contributed by atoms with Crippen molar-refractivity contribution in [2.75, 3.05) is 20.3 Å². The second-order valence-corrected chi connectivity index (χ2v) is 4.99. The third-order valence-corrected chi connectivity index (χ3v) is 2.61. The molecule has 0 radical (unpaired) electrons. The number of nitrogens with zero attached hydrogens (tertiary/aromatic N) is 1. The van der Waals surface area contributed by atoms with E-state index in [9.17, 15) is 9.59 Å². The van der Waals surface area contributed by atoms with Crippen molar-refractivity contribution >= 4 is 18.2 Å². The lowest BCUT2D eigenvalue weighted by atomic mass is 10.2. The zero-order valence-corrected chi connectivity index (χ0v) is 14.3. The maximum atomic E-state index is 11.4. The quantitative estimate of drug-likeness (QED) is 0.555. The molecule has 0 fully saturated rings. The van der Waals surface area contributed by atoms with Gasteiger partial charge in [-0.05, 0) is 39.0 Å². The summed E-state index contributed by atoms with van der Waals surface area (Å²) in [5, 5.41) is 8.22. The molecule has 0 bridgehead atoms. The predicted octanol–water partition coefficient (Wildman–Crippen LogP) is 1.68. The minimum Gasteiger partial charge on any atom is -0.493 e. The first-order valence-electron chi connectivity index (χ1n) is 7.54. The molecule has 2 N–H and O–H groups in total. The predicted molar refractivity (Wildman–Crippen MR) is 89.5 cm³/mol. The molecule has 0 unspecified atom stereocenters. The Kier molecular flexibility index (Phi) is 8.10. The molecule has 0 heterocycles. The normalized spacial score (nSPS) is 10.5. The third kappa shape index (κ3) is 6.99. The number of ether oxygens (including phenoxy) is 2. The fourth-order valence-electron chi connectivity index (χ4n) is 1.68. The fraction of sp³-hybridized carbons (Fsp3) is 0.438. The van der Waals surface area contributed by atoms with E-state index in [0.29, 0.717) is 23.6 Å². The van der Waals surface area contributed by atoms with Crippen molar-refractivity contribution in [1.82, 2.24) is 10.6 Å². The lowest BCUT2D eigenvalue weighted by molar-refractivity contribution is -0.124. The van der Waals surface area contributed by atoms with E-state index in [-0.39, 0.29) is 12.7 Å². The molecule has 0 aliphatic carbocycles. The molecule has 0 aliphatic rings. The Balaban J connectivity index is 2.52. The molecule has 0 aromatic heterocycles. The first-order chi connectivity index (χ1) is 11.5. The van der Waals surface area contributed by atoms with Gasteiger partial charge in [0.25, 0.3) is 5.91 Å². The van der Waals surface area contributed by atoms with Crippen LogP contribution in [0.2, 0.25) is 0 Å². The maximum Gasteiger partial charge on any atom is 0.321 e. The van der Waals surface area contributed by atoms with Crippen LogP contribution in [0.5, 0.6) is 11.5 Å². The third-order valence-electron chi connectivity index (χ3n) is 2.61. The van der Waals surface area contributed by atoms with E-state index in [1.807, 2.05) is 13.8 Å². The van der Waals surface area contributed by atoms with E-state index < -0.39 is 11.9 Å². The molecule has 0 atom stereocenters. The minimum absolute atomic E-state index is 0.0326. The van der Waals surface area contributed by atoms with E-state index in [2.05, 4.69) is 15.8 Å². The van der Waals surface area contributed by atoms with Gasteiger partial charge in [-0.15, -0.1) is 0 Å². The summed E-state index contributed by atoms with van der Waals surface area (Å²) in [4.78, 5) is 27.4. The topological polar surface area (TPSA) is 98.3 Å². The molecule has 0 saturated heterocycles. The fourth-order valence-corrected chi connectivity index (χ4v) is 1.68. The molecular weight excluding hydrogens is 314 g/mol. The van der Waals surface area contributed by atoms with Crippen molar-refractivity contribution in [2.24, 2.45) is 5.16 Å². The average Bonchev–Trinajstić information content (AvgIpc) is 2.52. The Morgan fingerprint density at radius 3 is 2.67 bits per heavy atom. The summed E-state index contributed by atoms with van der Waals surface area (Å²) in [6.45, 7) is 5.66. The van der Waals surface area contributed by atoms with E-state index in [4.69, 9.17) is 14.3 Å². The van der Waals surface area contributed by atoms with Crippen LogP contribution in [0.15, 0.2) is 23.4 Å². The molecule has 3 amide bonds. The van der Waals surface area contributed by atoms with Crippen molar-refractivity contribution in [3.8, 4) is 11.5 Å². The van der Waals surface area contributed by atoms with Gasteiger partial charge in [-0.2, -0.15) is 0 Å². The van der Waals surface area contributed by atoms with Crippen LogP contribution in [-0.4, -0.2) is 44.5 Å². The number of amides is 3. The number of methoxy groups -OCH3 is 1. The number of urea groups is 1. The molecule has 0 aliphatic heterocycles. The summed E-state index contributed by atoms with van der Waals surface area (Å²) < 4.78 is 10.9. The number of oxime groups is 1. The van der Waals surface area contributed by atoms with Crippen LogP contribution in [0.4, 0.5) is 4.79 Å². The highest BCUT2D eigenvalue weighted by Crippen LogP contribution is 2.28. The summed E-state index contributed by atoms with van der Waals surface area (Å²) in [5.41, 5.74) is 0.715. The highest BCUT2D eigenvalue weighted by atomic mass is 16.6. The lowest BCUT2D eigenvalue weighted by Gasteiger charge is -2.13. The van der Waals surface area contributed by atoms with Gasteiger partial charge >= 0.3 is 6.03 Å².